The SMILES string of the molecule is N[C@]1(c2ccnc3cc(Cl)ccc23)CCCC[C@]1(NCc1ccc(Cl)cc1)c1ccnc2cc(Cl)ccc12. The summed E-state index contributed by atoms with van der Waals surface area (Å²) in [5, 5.41) is 8.07. The highest BCUT2D eigenvalue weighted by Gasteiger charge is 2.53. The molecule has 2 atom stereocenters. The molecule has 0 spiro atoms. The van der Waals surface area contributed by atoms with E-state index in [1.807, 2.05) is 54.9 Å². The zero-order chi connectivity index (χ0) is 26.3. The molecule has 1 saturated carbocycles. The third-order valence-electron chi connectivity index (χ3n) is 7.99. The molecule has 0 radical (unpaired) electrons. The van der Waals surface area contributed by atoms with Gasteiger partial charge >= 0.3 is 0 Å². The van der Waals surface area contributed by atoms with Gasteiger partial charge in [-0.3, -0.25) is 9.97 Å². The molecule has 1 aliphatic rings. The Morgan fingerprint density at radius 2 is 1.24 bits per heavy atom. The summed E-state index contributed by atoms with van der Waals surface area (Å²) >= 11 is 18.9. The number of pyridine rings is 2. The van der Waals surface area contributed by atoms with Gasteiger partial charge in [0.15, 0.2) is 0 Å². The van der Waals surface area contributed by atoms with E-state index < -0.39 is 11.1 Å². The van der Waals surface area contributed by atoms with E-state index in [0.717, 1.165) is 64.2 Å². The van der Waals surface area contributed by atoms with Crippen molar-refractivity contribution in [1.29, 1.82) is 0 Å². The zero-order valence-corrected chi connectivity index (χ0v) is 23.0. The summed E-state index contributed by atoms with van der Waals surface area (Å²) in [6, 6.07) is 23.9. The predicted octanol–water partition coefficient (Wildman–Crippen LogP) is 8.16. The average Bonchev–Trinajstić information content (AvgIpc) is 2.92. The number of fused-ring (bicyclic) bond motifs is 2. The van der Waals surface area contributed by atoms with Crippen molar-refractivity contribution in [2.75, 3.05) is 0 Å². The molecule has 3 aromatic carbocycles. The van der Waals surface area contributed by atoms with Gasteiger partial charge in [0.1, 0.15) is 0 Å². The van der Waals surface area contributed by atoms with Crippen molar-refractivity contribution in [2.45, 2.75) is 43.3 Å². The van der Waals surface area contributed by atoms with Crippen molar-refractivity contribution in [3.8, 4) is 0 Å². The molecule has 2 heterocycles. The maximum absolute atomic E-state index is 7.71. The van der Waals surface area contributed by atoms with Crippen LogP contribution in [-0.4, -0.2) is 9.97 Å². The lowest BCUT2D eigenvalue weighted by Crippen LogP contribution is -2.64. The molecule has 1 fully saturated rings. The lowest BCUT2D eigenvalue weighted by atomic mass is 9.60. The van der Waals surface area contributed by atoms with Crippen LogP contribution in [0.4, 0.5) is 0 Å². The summed E-state index contributed by atoms with van der Waals surface area (Å²) in [5.41, 5.74) is 11.4. The fraction of sp³-hybridized carbons (Fsp3) is 0.226. The second-order valence-electron chi connectivity index (χ2n) is 10.1. The van der Waals surface area contributed by atoms with Gasteiger partial charge in [-0.2, -0.15) is 0 Å². The summed E-state index contributed by atoms with van der Waals surface area (Å²) in [5.74, 6) is 0. The van der Waals surface area contributed by atoms with E-state index in [0.29, 0.717) is 21.6 Å². The van der Waals surface area contributed by atoms with E-state index in [1.54, 1.807) is 0 Å². The van der Waals surface area contributed by atoms with Crippen LogP contribution in [0.3, 0.4) is 0 Å². The summed E-state index contributed by atoms with van der Waals surface area (Å²) < 4.78 is 0. The molecule has 192 valence electrons. The molecule has 0 saturated heterocycles. The molecule has 0 unspecified atom stereocenters. The molecule has 4 nitrogen and oxygen atoms in total. The summed E-state index contributed by atoms with van der Waals surface area (Å²) in [6.07, 6.45) is 7.42. The second kappa shape index (κ2) is 10.1. The molecule has 0 aliphatic heterocycles. The highest BCUT2D eigenvalue weighted by Crippen LogP contribution is 2.52. The summed E-state index contributed by atoms with van der Waals surface area (Å²) in [6.45, 7) is 0.627. The van der Waals surface area contributed by atoms with E-state index in [1.165, 1.54) is 0 Å². The van der Waals surface area contributed by atoms with Gasteiger partial charge in [-0.15, -0.1) is 0 Å². The van der Waals surface area contributed by atoms with Crippen LogP contribution in [0, 0.1) is 0 Å². The van der Waals surface area contributed by atoms with Crippen molar-refractivity contribution in [3.63, 3.8) is 0 Å². The van der Waals surface area contributed by atoms with Crippen LogP contribution in [-0.2, 0) is 17.6 Å². The minimum Gasteiger partial charge on any atom is -0.320 e. The molecule has 1 aliphatic carbocycles. The van der Waals surface area contributed by atoms with Crippen LogP contribution in [0.25, 0.3) is 21.8 Å². The lowest BCUT2D eigenvalue weighted by Gasteiger charge is -2.53. The maximum Gasteiger partial charge on any atom is 0.0720 e. The molecule has 0 amide bonds. The van der Waals surface area contributed by atoms with Gasteiger partial charge in [-0.05, 0) is 78.1 Å². The number of rotatable bonds is 5. The molecular formula is C31H27Cl3N4. The Kier molecular flexibility index (Phi) is 6.79. The Morgan fingerprint density at radius 1 is 0.684 bits per heavy atom. The van der Waals surface area contributed by atoms with Crippen molar-refractivity contribution in [1.82, 2.24) is 15.3 Å². The van der Waals surface area contributed by atoms with Gasteiger partial charge in [0.05, 0.1) is 22.1 Å². The molecule has 6 rings (SSSR count). The fourth-order valence-corrected chi connectivity index (χ4v) is 6.63. The predicted molar refractivity (Wildman–Crippen MR) is 158 cm³/mol. The fourth-order valence-electron chi connectivity index (χ4n) is 6.17. The molecule has 5 aromatic rings. The number of aromatic nitrogens is 2. The van der Waals surface area contributed by atoms with Crippen LogP contribution in [0.2, 0.25) is 15.1 Å². The average molecular weight is 562 g/mol. The van der Waals surface area contributed by atoms with Crippen LogP contribution in [0.1, 0.15) is 42.4 Å². The van der Waals surface area contributed by atoms with Crippen LogP contribution in [0.15, 0.2) is 85.2 Å². The van der Waals surface area contributed by atoms with Crippen LogP contribution < -0.4 is 11.1 Å². The van der Waals surface area contributed by atoms with E-state index in [-0.39, 0.29) is 0 Å². The standard InChI is InChI=1S/C31H27Cl3N4/c32-21-5-3-20(4-6-21)19-38-31(27-12-16-37-29-18-23(34)8-10-25(27)29)14-2-1-13-30(31,35)26-11-15-36-28-17-22(33)7-9-24(26)28/h3-12,15-18,38H,1-2,13-14,19,35H2/t30-,31-/m0/s1. The topological polar surface area (TPSA) is 63.8 Å². The highest BCUT2D eigenvalue weighted by molar-refractivity contribution is 6.31. The van der Waals surface area contributed by atoms with Crippen molar-refractivity contribution < 1.29 is 0 Å². The Morgan fingerprint density at radius 3 is 1.89 bits per heavy atom. The largest absolute Gasteiger partial charge is 0.320 e. The third kappa shape index (κ3) is 4.35. The van der Waals surface area contributed by atoms with Crippen LogP contribution >= 0.6 is 34.8 Å². The number of nitrogens with zero attached hydrogens (tertiary/aromatic N) is 2. The first-order valence-corrected chi connectivity index (χ1v) is 13.9. The first-order valence-electron chi connectivity index (χ1n) is 12.8. The quantitative estimate of drug-likeness (QED) is 0.227. The van der Waals surface area contributed by atoms with Gasteiger partial charge in [-0.25, -0.2) is 0 Å². The Balaban J connectivity index is 1.60. The first kappa shape index (κ1) is 25.5. The Hall–Kier alpha value is -2.73. The monoisotopic (exact) mass is 560 g/mol. The second-order valence-corrected chi connectivity index (χ2v) is 11.4. The molecule has 38 heavy (non-hydrogen) atoms. The highest BCUT2D eigenvalue weighted by atomic mass is 35.5. The summed E-state index contributed by atoms with van der Waals surface area (Å²) in [4.78, 5) is 9.26. The van der Waals surface area contributed by atoms with E-state index >= 15 is 0 Å². The van der Waals surface area contributed by atoms with Crippen molar-refractivity contribution in [3.05, 3.63) is 117 Å². The van der Waals surface area contributed by atoms with Gasteiger partial charge in [0, 0.05) is 44.8 Å². The lowest BCUT2D eigenvalue weighted by molar-refractivity contribution is 0.103. The minimum atomic E-state index is -0.749. The van der Waals surface area contributed by atoms with Gasteiger partial charge < -0.3 is 11.1 Å². The number of halogens is 3. The summed E-state index contributed by atoms with van der Waals surface area (Å²) in [7, 11) is 0. The number of benzene rings is 3. The maximum atomic E-state index is 7.71. The van der Waals surface area contributed by atoms with Crippen molar-refractivity contribution >= 4 is 56.6 Å². The van der Waals surface area contributed by atoms with E-state index in [4.69, 9.17) is 40.5 Å². The van der Waals surface area contributed by atoms with Crippen molar-refractivity contribution in [2.24, 2.45) is 5.73 Å². The number of hydrogen-bond donors (Lipinski definition) is 2. The van der Waals surface area contributed by atoms with E-state index in [9.17, 15) is 0 Å². The molecular weight excluding hydrogens is 535 g/mol. The Labute approximate surface area is 237 Å². The number of nitrogens with two attached hydrogens (primary N) is 1. The normalized spacial score (nSPS) is 21.7. The molecule has 2 aromatic heterocycles. The molecule has 0 bridgehead atoms. The van der Waals surface area contributed by atoms with Crippen LogP contribution in [0.5, 0.6) is 0 Å². The van der Waals surface area contributed by atoms with Gasteiger partial charge in [0.2, 0.25) is 0 Å². The Bertz CT molecular complexity index is 1640. The molecule has 3 N–H and O–H groups in total. The zero-order valence-electron chi connectivity index (χ0n) is 20.7. The molecule has 7 heteroatoms. The minimum absolute atomic E-state index is 0.603. The number of nitrogens with one attached hydrogen (secondary N) is 1. The number of hydrogen-bond acceptors (Lipinski definition) is 4. The smallest absolute Gasteiger partial charge is 0.0720 e. The van der Waals surface area contributed by atoms with Gasteiger partial charge in [-0.1, -0.05) is 71.9 Å². The van der Waals surface area contributed by atoms with E-state index in [2.05, 4.69) is 45.6 Å². The third-order valence-corrected chi connectivity index (χ3v) is 8.71. The first-order chi connectivity index (χ1) is 18.4. The van der Waals surface area contributed by atoms with Gasteiger partial charge in [0.25, 0.3) is 0 Å².